The molecule has 0 unspecified atom stereocenters. The molecule has 0 saturated heterocycles. The second-order valence-electron chi connectivity index (χ2n) is 5.63. The van der Waals surface area contributed by atoms with E-state index in [2.05, 4.69) is 6.92 Å². The Kier molecular flexibility index (Phi) is 7.14. The van der Waals surface area contributed by atoms with Crippen molar-refractivity contribution >= 4 is 11.9 Å². The summed E-state index contributed by atoms with van der Waals surface area (Å²) in [6.45, 7) is 2.45. The first-order chi connectivity index (χ1) is 12.1. The van der Waals surface area contributed by atoms with Gasteiger partial charge >= 0.3 is 11.9 Å². The molecule has 0 aliphatic carbocycles. The summed E-state index contributed by atoms with van der Waals surface area (Å²) in [7, 11) is 0. The van der Waals surface area contributed by atoms with Gasteiger partial charge in [0.2, 0.25) is 0 Å². The smallest absolute Gasteiger partial charge is 0.338 e. The Morgan fingerprint density at radius 2 is 1.56 bits per heavy atom. The number of carbonyl (C=O) groups is 2. The minimum absolute atomic E-state index is 0.0161. The third-order valence-electron chi connectivity index (χ3n) is 3.60. The van der Waals surface area contributed by atoms with Gasteiger partial charge in [-0.25, -0.2) is 14.0 Å². The summed E-state index contributed by atoms with van der Waals surface area (Å²) in [6, 6.07) is 11.9. The van der Waals surface area contributed by atoms with Crippen LogP contribution >= 0.6 is 0 Å². The first-order valence-corrected chi connectivity index (χ1v) is 8.29. The lowest BCUT2D eigenvalue weighted by atomic mass is 10.1. The molecule has 0 aromatic heterocycles. The first kappa shape index (κ1) is 18.6. The van der Waals surface area contributed by atoms with Crippen molar-refractivity contribution in [3.8, 4) is 0 Å². The van der Waals surface area contributed by atoms with Crippen LogP contribution in [0.5, 0.6) is 0 Å². The van der Waals surface area contributed by atoms with E-state index >= 15 is 0 Å². The number of rotatable bonds is 8. The summed E-state index contributed by atoms with van der Waals surface area (Å²) >= 11 is 0. The molecule has 0 saturated carbocycles. The van der Waals surface area contributed by atoms with E-state index in [0.717, 1.165) is 19.3 Å². The fraction of sp³-hybridized carbons (Fsp3) is 0.300. The molecule has 0 N–H and O–H groups in total. The van der Waals surface area contributed by atoms with E-state index in [1.165, 1.54) is 36.4 Å². The molecule has 5 heteroatoms. The van der Waals surface area contributed by atoms with E-state index in [1.54, 1.807) is 12.1 Å². The zero-order chi connectivity index (χ0) is 18.1. The van der Waals surface area contributed by atoms with Gasteiger partial charge in [0, 0.05) is 0 Å². The van der Waals surface area contributed by atoms with E-state index in [9.17, 15) is 14.0 Å². The van der Waals surface area contributed by atoms with Crippen LogP contribution in [0.15, 0.2) is 48.5 Å². The summed E-state index contributed by atoms with van der Waals surface area (Å²) in [6.07, 6.45) is 2.92. The van der Waals surface area contributed by atoms with E-state index < -0.39 is 11.9 Å². The van der Waals surface area contributed by atoms with Crippen molar-refractivity contribution in [1.82, 2.24) is 0 Å². The van der Waals surface area contributed by atoms with Crippen molar-refractivity contribution in [1.29, 1.82) is 0 Å². The highest BCUT2D eigenvalue weighted by molar-refractivity contribution is 5.93. The van der Waals surface area contributed by atoms with E-state index in [-0.39, 0.29) is 12.4 Å². The van der Waals surface area contributed by atoms with Crippen LogP contribution in [0.25, 0.3) is 0 Å². The van der Waals surface area contributed by atoms with Crippen LogP contribution in [0.2, 0.25) is 0 Å². The van der Waals surface area contributed by atoms with Gasteiger partial charge in [-0.2, -0.15) is 0 Å². The van der Waals surface area contributed by atoms with E-state index in [0.29, 0.717) is 23.3 Å². The Labute approximate surface area is 146 Å². The standard InChI is InChI=1S/C20H21FO4/c1-2-3-4-12-24-19(22)16-8-10-17(11-9-16)20(23)25-14-15-6-5-7-18(21)13-15/h5-11,13H,2-4,12,14H2,1H3. The number of hydrogen-bond acceptors (Lipinski definition) is 4. The first-order valence-electron chi connectivity index (χ1n) is 8.29. The highest BCUT2D eigenvalue weighted by atomic mass is 19.1. The number of ether oxygens (including phenoxy) is 2. The van der Waals surface area contributed by atoms with Crippen molar-refractivity contribution < 1.29 is 23.5 Å². The van der Waals surface area contributed by atoms with Gasteiger partial charge in [-0.15, -0.1) is 0 Å². The minimum Gasteiger partial charge on any atom is -0.462 e. The number of hydrogen-bond donors (Lipinski definition) is 0. The van der Waals surface area contributed by atoms with Crippen LogP contribution in [0.3, 0.4) is 0 Å². The lowest BCUT2D eigenvalue weighted by molar-refractivity contribution is 0.0466. The number of unbranched alkanes of at least 4 members (excludes halogenated alkanes) is 2. The Morgan fingerprint density at radius 1 is 0.920 bits per heavy atom. The van der Waals surface area contributed by atoms with E-state index in [1.807, 2.05) is 0 Å². The molecule has 0 aliphatic rings. The van der Waals surface area contributed by atoms with Crippen molar-refractivity contribution in [2.75, 3.05) is 6.61 Å². The van der Waals surface area contributed by atoms with Crippen LogP contribution in [0.1, 0.15) is 52.5 Å². The summed E-state index contributed by atoms with van der Waals surface area (Å²) in [5.74, 6) is -1.32. The predicted molar refractivity (Wildman–Crippen MR) is 91.8 cm³/mol. The van der Waals surface area contributed by atoms with Gasteiger partial charge < -0.3 is 9.47 Å². The molecule has 0 radical (unpaired) electrons. The summed E-state index contributed by atoms with van der Waals surface area (Å²) in [5, 5.41) is 0. The van der Waals surface area contributed by atoms with Gasteiger partial charge in [0.25, 0.3) is 0 Å². The quantitative estimate of drug-likeness (QED) is 0.521. The van der Waals surface area contributed by atoms with Crippen molar-refractivity contribution in [3.05, 3.63) is 71.0 Å². The van der Waals surface area contributed by atoms with Gasteiger partial charge in [-0.1, -0.05) is 31.9 Å². The zero-order valence-electron chi connectivity index (χ0n) is 14.2. The maximum Gasteiger partial charge on any atom is 0.338 e. The molecular formula is C20H21FO4. The van der Waals surface area contributed by atoms with Crippen LogP contribution < -0.4 is 0 Å². The molecular weight excluding hydrogens is 323 g/mol. The van der Waals surface area contributed by atoms with Crippen LogP contribution in [0, 0.1) is 5.82 Å². The second-order valence-corrected chi connectivity index (χ2v) is 5.63. The van der Waals surface area contributed by atoms with Crippen molar-refractivity contribution in [2.24, 2.45) is 0 Å². The Hall–Kier alpha value is -2.69. The normalized spacial score (nSPS) is 10.3. The lowest BCUT2D eigenvalue weighted by Gasteiger charge is -2.07. The molecule has 2 aromatic rings. The lowest BCUT2D eigenvalue weighted by Crippen LogP contribution is -2.08. The fourth-order valence-electron chi connectivity index (χ4n) is 2.20. The molecule has 0 atom stereocenters. The summed E-state index contributed by atoms with van der Waals surface area (Å²) < 4.78 is 23.4. The van der Waals surface area contributed by atoms with Gasteiger partial charge in [0.05, 0.1) is 17.7 Å². The largest absolute Gasteiger partial charge is 0.462 e. The topological polar surface area (TPSA) is 52.6 Å². The SMILES string of the molecule is CCCCCOC(=O)c1ccc(C(=O)OCc2cccc(F)c2)cc1. The molecule has 0 aliphatic heterocycles. The Balaban J connectivity index is 1.86. The summed E-state index contributed by atoms with van der Waals surface area (Å²) in [4.78, 5) is 23.9. The molecule has 132 valence electrons. The highest BCUT2D eigenvalue weighted by Crippen LogP contribution is 2.10. The van der Waals surface area contributed by atoms with Gasteiger partial charge in [0.15, 0.2) is 0 Å². The van der Waals surface area contributed by atoms with Crippen LogP contribution in [-0.4, -0.2) is 18.5 Å². The Bertz CT molecular complexity index is 710. The van der Waals surface area contributed by atoms with Crippen molar-refractivity contribution in [3.63, 3.8) is 0 Å². The molecule has 4 nitrogen and oxygen atoms in total. The fourth-order valence-corrected chi connectivity index (χ4v) is 2.20. The predicted octanol–water partition coefficient (Wildman–Crippen LogP) is 4.53. The third-order valence-corrected chi connectivity index (χ3v) is 3.60. The van der Waals surface area contributed by atoms with Gasteiger partial charge in [-0.3, -0.25) is 0 Å². The molecule has 0 amide bonds. The average Bonchev–Trinajstić information content (AvgIpc) is 2.63. The number of esters is 2. The van der Waals surface area contributed by atoms with Crippen LogP contribution in [0.4, 0.5) is 4.39 Å². The number of halogens is 1. The molecule has 0 bridgehead atoms. The second kappa shape index (κ2) is 9.57. The zero-order valence-corrected chi connectivity index (χ0v) is 14.2. The molecule has 0 fully saturated rings. The maximum absolute atomic E-state index is 13.1. The maximum atomic E-state index is 13.1. The number of carbonyl (C=O) groups excluding carboxylic acids is 2. The third kappa shape index (κ3) is 6.03. The Morgan fingerprint density at radius 3 is 2.16 bits per heavy atom. The minimum atomic E-state index is -0.535. The highest BCUT2D eigenvalue weighted by Gasteiger charge is 2.11. The molecule has 0 heterocycles. The number of benzene rings is 2. The van der Waals surface area contributed by atoms with E-state index in [4.69, 9.17) is 9.47 Å². The monoisotopic (exact) mass is 344 g/mol. The molecule has 2 rings (SSSR count). The molecule has 0 spiro atoms. The van der Waals surface area contributed by atoms with Gasteiger partial charge in [-0.05, 0) is 48.4 Å². The van der Waals surface area contributed by atoms with Crippen LogP contribution in [-0.2, 0) is 16.1 Å². The van der Waals surface area contributed by atoms with Gasteiger partial charge in [0.1, 0.15) is 12.4 Å². The van der Waals surface area contributed by atoms with Crippen molar-refractivity contribution in [2.45, 2.75) is 32.8 Å². The summed E-state index contributed by atoms with van der Waals surface area (Å²) in [5.41, 5.74) is 1.28. The molecule has 2 aromatic carbocycles. The average molecular weight is 344 g/mol. The molecule has 25 heavy (non-hydrogen) atoms.